The van der Waals surface area contributed by atoms with Crippen molar-refractivity contribution in [2.45, 2.75) is 4.90 Å². The van der Waals surface area contributed by atoms with Crippen LogP contribution in [-0.2, 0) is 14.8 Å². The topological polar surface area (TPSA) is 79.0 Å². The lowest BCUT2D eigenvalue weighted by Crippen LogP contribution is -2.47. The Balaban J connectivity index is 1.56. The van der Waals surface area contributed by atoms with Gasteiger partial charge in [-0.05, 0) is 47.7 Å². The second-order valence-corrected chi connectivity index (χ2v) is 9.90. The Bertz CT molecular complexity index is 1290. The zero-order valence-corrected chi connectivity index (χ0v) is 19.5. The van der Waals surface area contributed by atoms with Crippen LogP contribution < -0.4 is 10.1 Å². The molecule has 7 nitrogen and oxygen atoms in total. The van der Waals surface area contributed by atoms with E-state index in [0.717, 1.165) is 16.3 Å². The number of amides is 1. The molecule has 8 heteroatoms. The molecular formula is C25H27N3O4S. The Kier molecular flexibility index (Phi) is 6.78. The summed E-state index contributed by atoms with van der Waals surface area (Å²) in [5.41, 5.74) is 1.22. The fourth-order valence-corrected chi connectivity index (χ4v) is 5.31. The minimum atomic E-state index is -3.67. The number of benzene rings is 3. The summed E-state index contributed by atoms with van der Waals surface area (Å²) in [5, 5.41) is 4.89. The zero-order chi connectivity index (χ0) is 23.4. The van der Waals surface area contributed by atoms with Gasteiger partial charge in [-0.25, -0.2) is 8.42 Å². The first-order valence-corrected chi connectivity index (χ1v) is 12.2. The molecule has 0 spiro atoms. The number of carbonyl (C=O) groups is 1. The van der Waals surface area contributed by atoms with Crippen molar-refractivity contribution in [1.29, 1.82) is 0 Å². The molecule has 0 atom stereocenters. The number of nitrogens with one attached hydrogen (secondary N) is 1. The highest BCUT2D eigenvalue weighted by Crippen LogP contribution is 2.29. The first kappa shape index (κ1) is 23.0. The summed E-state index contributed by atoms with van der Waals surface area (Å²) in [7, 11) is -0.220. The maximum Gasteiger partial charge on any atom is 0.248 e. The van der Waals surface area contributed by atoms with Gasteiger partial charge in [0.05, 0.1) is 17.7 Å². The van der Waals surface area contributed by atoms with Gasteiger partial charge in [-0.1, -0.05) is 42.5 Å². The summed E-state index contributed by atoms with van der Waals surface area (Å²) >= 11 is 0. The zero-order valence-electron chi connectivity index (χ0n) is 18.7. The average Bonchev–Trinajstić information content (AvgIpc) is 2.83. The van der Waals surface area contributed by atoms with Crippen molar-refractivity contribution in [3.63, 3.8) is 0 Å². The van der Waals surface area contributed by atoms with E-state index >= 15 is 0 Å². The number of rotatable bonds is 6. The fraction of sp³-hybridized carbons (Fsp3) is 0.240. The molecule has 4 rings (SSSR count). The van der Waals surface area contributed by atoms with Crippen molar-refractivity contribution >= 4 is 38.5 Å². The predicted octanol–water partition coefficient (Wildman–Crippen LogP) is 3.44. The third-order valence-electron chi connectivity index (χ3n) is 5.77. The Morgan fingerprint density at radius 3 is 2.48 bits per heavy atom. The largest absolute Gasteiger partial charge is 0.495 e. The van der Waals surface area contributed by atoms with Gasteiger partial charge in [0, 0.05) is 32.3 Å². The number of likely N-dealkylation sites (N-methyl/N-ethyl adjacent to an activating group) is 1. The summed E-state index contributed by atoms with van der Waals surface area (Å²) in [5.74, 6) is 0.00891. The number of nitrogens with zero attached hydrogens (tertiary/aromatic N) is 2. The first-order chi connectivity index (χ1) is 15.9. The van der Waals surface area contributed by atoms with Gasteiger partial charge in [-0.2, -0.15) is 4.31 Å². The van der Waals surface area contributed by atoms with Crippen LogP contribution in [-0.4, -0.2) is 63.9 Å². The molecule has 0 aliphatic carbocycles. The highest BCUT2D eigenvalue weighted by atomic mass is 32.2. The Hall–Kier alpha value is -3.20. The quantitative estimate of drug-likeness (QED) is 0.565. The third kappa shape index (κ3) is 5.08. The number of hydrogen-bond donors (Lipinski definition) is 1. The van der Waals surface area contributed by atoms with Crippen LogP contribution in [0.4, 0.5) is 5.69 Å². The van der Waals surface area contributed by atoms with Crippen LogP contribution in [0.2, 0.25) is 0 Å². The summed E-state index contributed by atoms with van der Waals surface area (Å²) in [6.45, 7) is 2.22. The molecule has 1 amide bonds. The van der Waals surface area contributed by atoms with Gasteiger partial charge in [-0.3, -0.25) is 4.79 Å². The van der Waals surface area contributed by atoms with Gasteiger partial charge >= 0.3 is 0 Å². The van der Waals surface area contributed by atoms with Crippen molar-refractivity contribution in [3.05, 3.63) is 72.3 Å². The third-order valence-corrected chi connectivity index (χ3v) is 7.66. The number of piperazine rings is 1. The van der Waals surface area contributed by atoms with Gasteiger partial charge in [0.1, 0.15) is 5.75 Å². The molecule has 1 aliphatic rings. The van der Waals surface area contributed by atoms with Crippen LogP contribution in [0.3, 0.4) is 0 Å². The second-order valence-electron chi connectivity index (χ2n) is 7.96. The van der Waals surface area contributed by atoms with E-state index < -0.39 is 10.0 Å². The van der Waals surface area contributed by atoms with E-state index in [1.165, 1.54) is 29.6 Å². The van der Waals surface area contributed by atoms with Crippen LogP contribution in [0.5, 0.6) is 5.75 Å². The van der Waals surface area contributed by atoms with Gasteiger partial charge in [-0.15, -0.1) is 0 Å². The Morgan fingerprint density at radius 1 is 1.00 bits per heavy atom. The summed E-state index contributed by atoms with van der Waals surface area (Å²) in [6, 6.07) is 18.4. The van der Waals surface area contributed by atoms with Gasteiger partial charge in [0.2, 0.25) is 15.9 Å². The number of anilines is 1. The smallest absolute Gasteiger partial charge is 0.248 e. The molecule has 0 unspecified atom stereocenters. The van der Waals surface area contributed by atoms with Gasteiger partial charge < -0.3 is 15.0 Å². The number of hydrogen-bond acceptors (Lipinski definition) is 5. The molecule has 3 aromatic rings. The van der Waals surface area contributed by atoms with Crippen molar-refractivity contribution in [1.82, 2.24) is 9.21 Å². The normalized spacial score (nSPS) is 15.7. The Labute approximate surface area is 194 Å². The molecule has 1 fully saturated rings. The minimum Gasteiger partial charge on any atom is -0.495 e. The molecule has 0 aromatic heterocycles. The molecule has 1 aliphatic heterocycles. The van der Waals surface area contributed by atoms with Crippen molar-refractivity contribution in [2.75, 3.05) is 45.7 Å². The van der Waals surface area contributed by atoms with E-state index in [9.17, 15) is 13.2 Å². The maximum atomic E-state index is 13.1. The summed E-state index contributed by atoms with van der Waals surface area (Å²) in [4.78, 5) is 14.9. The molecule has 3 aromatic carbocycles. The van der Waals surface area contributed by atoms with Crippen molar-refractivity contribution < 1.29 is 17.9 Å². The van der Waals surface area contributed by atoms with Gasteiger partial charge in [0.25, 0.3) is 0 Å². The number of methoxy groups -OCH3 is 1. The van der Waals surface area contributed by atoms with E-state index in [2.05, 4.69) is 10.2 Å². The van der Waals surface area contributed by atoms with Gasteiger partial charge in [0.15, 0.2) is 0 Å². The van der Waals surface area contributed by atoms with Crippen molar-refractivity contribution in [3.8, 4) is 5.75 Å². The molecule has 0 radical (unpaired) electrons. The molecule has 172 valence electrons. The molecular weight excluding hydrogens is 438 g/mol. The number of fused-ring (bicyclic) bond motifs is 1. The molecule has 33 heavy (non-hydrogen) atoms. The first-order valence-electron chi connectivity index (χ1n) is 10.7. The lowest BCUT2D eigenvalue weighted by molar-refractivity contribution is -0.111. The van der Waals surface area contributed by atoms with Crippen LogP contribution in [0.1, 0.15) is 5.56 Å². The van der Waals surface area contributed by atoms with Crippen LogP contribution in [0, 0.1) is 0 Å². The molecule has 1 saturated heterocycles. The molecule has 1 N–H and O–H groups in total. The molecule has 1 heterocycles. The van der Waals surface area contributed by atoms with Crippen LogP contribution >= 0.6 is 0 Å². The monoisotopic (exact) mass is 465 g/mol. The maximum absolute atomic E-state index is 13.1. The van der Waals surface area contributed by atoms with E-state index in [1.807, 2.05) is 49.5 Å². The highest BCUT2D eigenvalue weighted by Gasteiger charge is 2.28. The number of sulfonamides is 1. The molecule has 0 saturated carbocycles. The van der Waals surface area contributed by atoms with Crippen LogP contribution in [0.25, 0.3) is 16.8 Å². The fourth-order valence-electron chi connectivity index (χ4n) is 3.86. The lowest BCUT2D eigenvalue weighted by Gasteiger charge is -2.31. The molecule has 0 bridgehead atoms. The minimum absolute atomic E-state index is 0.126. The van der Waals surface area contributed by atoms with Crippen molar-refractivity contribution in [2.24, 2.45) is 0 Å². The van der Waals surface area contributed by atoms with E-state index in [0.29, 0.717) is 37.6 Å². The SMILES string of the molecule is COc1ccc(S(=O)(=O)N2CCN(C)CC2)cc1NC(=O)/C=C/c1cccc2ccccc12. The van der Waals surface area contributed by atoms with E-state index in [4.69, 9.17) is 4.74 Å². The van der Waals surface area contributed by atoms with E-state index in [1.54, 1.807) is 12.1 Å². The average molecular weight is 466 g/mol. The van der Waals surface area contributed by atoms with E-state index in [-0.39, 0.29) is 10.8 Å². The highest BCUT2D eigenvalue weighted by molar-refractivity contribution is 7.89. The van der Waals surface area contributed by atoms with Crippen LogP contribution in [0.15, 0.2) is 71.6 Å². The standard InChI is InChI=1S/C25H27N3O4S/c1-27-14-16-28(17-15-27)33(30,31)21-11-12-24(32-2)23(18-21)26-25(29)13-10-20-8-5-7-19-6-3-4-9-22(19)20/h3-13,18H,14-17H2,1-2H3,(H,26,29)/b13-10+. The Morgan fingerprint density at radius 2 is 1.73 bits per heavy atom. The number of carbonyl (C=O) groups excluding carboxylic acids is 1. The second kappa shape index (κ2) is 9.74. The predicted molar refractivity (Wildman–Crippen MR) is 131 cm³/mol. The lowest BCUT2D eigenvalue weighted by atomic mass is 10.0. The summed E-state index contributed by atoms with van der Waals surface area (Å²) < 4.78 is 33.0. The summed E-state index contributed by atoms with van der Waals surface area (Å²) in [6.07, 6.45) is 3.18. The number of ether oxygens (including phenoxy) is 1.